The van der Waals surface area contributed by atoms with Crippen LogP contribution in [-0.4, -0.2) is 36.2 Å². The minimum absolute atomic E-state index is 0.244. The number of rotatable bonds is 3. The van der Waals surface area contributed by atoms with Gasteiger partial charge < -0.3 is 18.9 Å². The Bertz CT molecular complexity index is 358. The van der Waals surface area contributed by atoms with Gasteiger partial charge in [-0.2, -0.15) is 0 Å². The topological polar surface area (TPSA) is 71.1 Å². The molecule has 6 nitrogen and oxygen atoms in total. The molecule has 0 aromatic rings. The maximum Gasteiger partial charge on any atom is 0.509 e. The van der Waals surface area contributed by atoms with Gasteiger partial charge in [-0.15, -0.1) is 0 Å². The van der Waals surface area contributed by atoms with Crippen LogP contribution in [0.1, 0.15) is 60.3 Å². The van der Waals surface area contributed by atoms with Gasteiger partial charge in [0.2, 0.25) is 0 Å². The number of hydrogen-bond acceptors (Lipinski definition) is 6. The Balaban J connectivity index is 2.53. The molecule has 2 unspecified atom stereocenters. The summed E-state index contributed by atoms with van der Waals surface area (Å²) < 4.78 is 20.6. The highest BCUT2D eigenvalue weighted by Gasteiger charge is 2.33. The van der Waals surface area contributed by atoms with Crippen molar-refractivity contribution in [2.45, 2.75) is 84.2 Å². The summed E-state index contributed by atoms with van der Waals surface area (Å²) in [5, 5.41) is 0. The fourth-order valence-corrected chi connectivity index (χ4v) is 2.07. The van der Waals surface area contributed by atoms with Crippen molar-refractivity contribution < 1.29 is 28.5 Å². The van der Waals surface area contributed by atoms with Crippen molar-refractivity contribution in [1.29, 1.82) is 0 Å². The second-order valence-corrected chi connectivity index (χ2v) is 6.48. The summed E-state index contributed by atoms with van der Waals surface area (Å²) in [6.07, 6.45) is 0.493. The lowest BCUT2D eigenvalue weighted by molar-refractivity contribution is -0.0881. The van der Waals surface area contributed by atoms with Crippen molar-refractivity contribution in [3.8, 4) is 0 Å². The van der Waals surface area contributed by atoms with Gasteiger partial charge in [0.15, 0.2) is 0 Å². The largest absolute Gasteiger partial charge is 0.509 e. The molecule has 0 spiro atoms. The van der Waals surface area contributed by atoms with Gasteiger partial charge in [0, 0.05) is 0 Å². The van der Waals surface area contributed by atoms with E-state index in [4.69, 9.17) is 18.9 Å². The third kappa shape index (κ3) is 7.20. The Kier molecular flexibility index (Phi) is 6.30. The molecule has 2 atom stereocenters. The molecule has 0 aromatic carbocycles. The van der Waals surface area contributed by atoms with Crippen molar-refractivity contribution in [3.63, 3.8) is 0 Å². The van der Waals surface area contributed by atoms with E-state index < -0.39 is 30.1 Å². The fraction of sp³-hybridized carbons (Fsp3) is 0.867. The van der Waals surface area contributed by atoms with E-state index >= 15 is 0 Å². The quantitative estimate of drug-likeness (QED) is 0.738. The summed E-state index contributed by atoms with van der Waals surface area (Å²) >= 11 is 0. The summed E-state index contributed by atoms with van der Waals surface area (Å²) in [6, 6.07) is 0. The van der Waals surface area contributed by atoms with E-state index in [2.05, 4.69) is 0 Å². The zero-order valence-corrected chi connectivity index (χ0v) is 13.5. The smallest absolute Gasteiger partial charge is 0.432 e. The molecule has 122 valence electrons. The molecule has 6 heteroatoms. The summed E-state index contributed by atoms with van der Waals surface area (Å²) in [6.45, 7) is 8.79. The van der Waals surface area contributed by atoms with Gasteiger partial charge in [-0.3, -0.25) is 0 Å². The Labute approximate surface area is 126 Å². The number of carbonyl (C=O) groups is 2. The van der Waals surface area contributed by atoms with Gasteiger partial charge in [0.25, 0.3) is 0 Å². The third-order valence-electron chi connectivity index (χ3n) is 2.86. The van der Waals surface area contributed by atoms with Crippen LogP contribution in [0.3, 0.4) is 0 Å². The standard InChI is InChI=1S/C15H26O6/c1-10(2)18-13(16)19-11-8-6-7-9-12(11)20-14(17)21-15(3,4)5/h10-12H,6-9H2,1-5H3. The molecule has 1 aliphatic rings. The van der Waals surface area contributed by atoms with Crippen LogP contribution >= 0.6 is 0 Å². The van der Waals surface area contributed by atoms with E-state index in [1.807, 2.05) is 0 Å². The van der Waals surface area contributed by atoms with Crippen LogP contribution in [0.15, 0.2) is 0 Å². The van der Waals surface area contributed by atoms with Gasteiger partial charge >= 0.3 is 12.3 Å². The minimum atomic E-state index is -0.736. The minimum Gasteiger partial charge on any atom is -0.432 e. The highest BCUT2D eigenvalue weighted by molar-refractivity contribution is 5.62. The van der Waals surface area contributed by atoms with Crippen LogP contribution in [0.25, 0.3) is 0 Å². The molecule has 1 rings (SSSR count). The van der Waals surface area contributed by atoms with Crippen LogP contribution in [0.2, 0.25) is 0 Å². The van der Waals surface area contributed by atoms with Crippen molar-refractivity contribution >= 4 is 12.3 Å². The molecule has 0 N–H and O–H groups in total. The maximum atomic E-state index is 11.7. The SMILES string of the molecule is CC(C)OC(=O)OC1CCCCC1OC(=O)OC(C)(C)C. The Morgan fingerprint density at radius 2 is 1.43 bits per heavy atom. The second-order valence-electron chi connectivity index (χ2n) is 6.48. The first-order valence-corrected chi connectivity index (χ1v) is 7.44. The monoisotopic (exact) mass is 302 g/mol. The maximum absolute atomic E-state index is 11.7. The molecule has 1 aliphatic carbocycles. The van der Waals surface area contributed by atoms with Crippen LogP contribution in [-0.2, 0) is 18.9 Å². The van der Waals surface area contributed by atoms with Crippen molar-refractivity contribution in [2.24, 2.45) is 0 Å². The molecule has 1 saturated carbocycles. The van der Waals surface area contributed by atoms with Gasteiger partial charge in [-0.1, -0.05) is 0 Å². The van der Waals surface area contributed by atoms with Crippen LogP contribution in [0.4, 0.5) is 9.59 Å². The highest BCUT2D eigenvalue weighted by atomic mass is 16.8. The first kappa shape index (κ1) is 17.6. The Morgan fingerprint density at radius 1 is 0.952 bits per heavy atom. The summed E-state index contributed by atoms with van der Waals surface area (Å²) in [7, 11) is 0. The molecule has 1 fully saturated rings. The molecule has 0 heterocycles. The molecular weight excluding hydrogens is 276 g/mol. The van der Waals surface area contributed by atoms with Crippen LogP contribution in [0.5, 0.6) is 0 Å². The molecule has 0 radical (unpaired) electrons. The van der Waals surface area contributed by atoms with Gasteiger partial charge in [-0.05, 0) is 60.3 Å². The van der Waals surface area contributed by atoms with Crippen LogP contribution in [0, 0.1) is 0 Å². The second kappa shape index (κ2) is 7.52. The average Bonchev–Trinajstić information content (AvgIpc) is 2.27. The van der Waals surface area contributed by atoms with E-state index in [0.717, 1.165) is 12.8 Å². The van der Waals surface area contributed by atoms with Gasteiger partial charge in [0.05, 0.1) is 6.10 Å². The highest BCUT2D eigenvalue weighted by Crippen LogP contribution is 2.25. The lowest BCUT2D eigenvalue weighted by Gasteiger charge is -2.31. The summed E-state index contributed by atoms with van der Waals surface area (Å²) in [5.41, 5.74) is -0.612. The van der Waals surface area contributed by atoms with E-state index in [1.54, 1.807) is 34.6 Å². The Hall–Kier alpha value is -1.46. The zero-order chi connectivity index (χ0) is 16.0. The lowest BCUT2D eigenvalue weighted by atomic mass is 9.95. The molecule has 0 aliphatic heterocycles. The average molecular weight is 302 g/mol. The van der Waals surface area contributed by atoms with Crippen LogP contribution < -0.4 is 0 Å². The molecule has 0 saturated heterocycles. The molecular formula is C15H26O6. The third-order valence-corrected chi connectivity index (χ3v) is 2.86. The predicted octanol–water partition coefficient (Wildman–Crippen LogP) is 3.81. The molecule has 0 bridgehead atoms. The summed E-state index contributed by atoms with van der Waals surface area (Å²) in [4.78, 5) is 23.3. The van der Waals surface area contributed by atoms with E-state index in [1.165, 1.54) is 0 Å². The molecule has 0 amide bonds. The number of hydrogen-bond donors (Lipinski definition) is 0. The lowest BCUT2D eigenvalue weighted by Crippen LogP contribution is -2.39. The Morgan fingerprint density at radius 3 is 1.86 bits per heavy atom. The predicted molar refractivity (Wildman–Crippen MR) is 76.1 cm³/mol. The van der Waals surface area contributed by atoms with E-state index in [9.17, 15) is 9.59 Å². The molecule has 21 heavy (non-hydrogen) atoms. The van der Waals surface area contributed by atoms with Crippen molar-refractivity contribution in [2.75, 3.05) is 0 Å². The van der Waals surface area contributed by atoms with Crippen molar-refractivity contribution in [1.82, 2.24) is 0 Å². The normalized spacial score (nSPS) is 22.6. The first-order valence-electron chi connectivity index (χ1n) is 7.44. The summed E-state index contributed by atoms with van der Waals surface area (Å²) in [5.74, 6) is 0. The molecule has 0 aromatic heterocycles. The zero-order valence-electron chi connectivity index (χ0n) is 13.5. The first-order chi connectivity index (χ1) is 9.67. The number of ether oxygens (including phenoxy) is 4. The van der Waals surface area contributed by atoms with Crippen molar-refractivity contribution in [3.05, 3.63) is 0 Å². The van der Waals surface area contributed by atoms with Gasteiger partial charge in [-0.25, -0.2) is 9.59 Å². The number of carbonyl (C=O) groups excluding carboxylic acids is 2. The fourth-order valence-electron chi connectivity index (χ4n) is 2.07. The van der Waals surface area contributed by atoms with Gasteiger partial charge in [0.1, 0.15) is 17.8 Å². The van der Waals surface area contributed by atoms with E-state index in [0.29, 0.717) is 12.8 Å². The van der Waals surface area contributed by atoms with E-state index in [-0.39, 0.29) is 6.10 Å².